The Labute approximate surface area is 172 Å². The van der Waals surface area contributed by atoms with Gasteiger partial charge in [-0.05, 0) is 50.2 Å². The molecule has 30 heavy (non-hydrogen) atoms. The molecular formula is C21H22N4O5. The van der Waals surface area contributed by atoms with Crippen LogP contribution in [0.4, 0.5) is 5.69 Å². The number of aromatic nitrogens is 2. The SMILES string of the molecule is COc1cc(C(=O)Nc2ccc3nc[nH]c(=O)c3c2)ccc1OCC(=O)NC(C)C. The van der Waals surface area contributed by atoms with E-state index in [-0.39, 0.29) is 24.1 Å². The Balaban J connectivity index is 1.74. The fraction of sp³-hybridized carbons (Fsp3) is 0.238. The van der Waals surface area contributed by atoms with Crippen LogP contribution in [0.3, 0.4) is 0 Å². The lowest BCUT2D eigenvalue weighted by Crippen LogP contribution is -2.34. The van der Waals surface area contributed by atoms with Gasteiger partial charge in [-0.25, -0.2) is 4.98 Å². The molecule has 3 rings (SSSR count). The van der Waals surface area contributed by atoms with Crippen LogP contribution < -0.4 is 25.7 Å². The van der Waals surface area contributed by atoms with E-state index in [1.54, 1.807) is 30.3 Å². The van der Waals surface area contributed by atoms with Gasteiger partial charge in [-0.2, -0.15) is 0 Å². The number of hydrogen-bond acceptors (Lipinski definition) is 6. The van der Waals surface area contributed by atoms with Crippen molar-refractivity contribution in [2.45, 2.75) is 19.9 Å². The van der Waals surface area contributed by atoms with Gasteiger partial charge in [0.1, 0.15) is 0 Å². The molecular weight excluding hydrogens is 388 g/mol. The number of aromatic amines is 1. The highest BCUT2D eigenvalue weighted by molar-refractivity contribution is 6.05. The minimum Gasteiger partial charge on any atom is -0.493 e. The van der Waals surface area contributed by atoms with Gasteiger partial charge < -0.3 is 25.1 Å². The Morgan fingerprint density at radius 1 is 1.13 bits per heavy atom. The Kier molecular flexibility index (Phi) is 6.31. The molecule has 0 unspecified atom stereocenters. The second-order valence-electron chi connectivity index (χ2n) is 6.79. The third-order valence-corrected chi connectivity index (χ3v) is 4.13. The normalized spacial score (nSPS) is 10.7. The summed E-state index contributed by atoms with van der Waals surface area (Å²) in [5.74, 6) is 0.0159. The van der Waals surface area contributed by atoms with Crippen LogP contribution in [0.25, 0.3) is 10.9 Å². The molecule has 0 saturated heterocycles. The lowest BCUT2D eigenvalue weighted by atomic mass is 10.1. The van der Waals surface area contributed by atoms with Crippen LogP contribution in [0.5, 0.6) is 11.5 Å². The maximum atomic E-state index is 12.6. The van der Waals surface area contributed by atoms with Crippen molar-refractivity contribution in [2.75, 3.05) is 19.0 Å². The fourth-order valence-electron chi connectivity index (χ4n) is 2.78. The summed E-state index contributed by atoms with van der Waals surface area (Å²) in [7, 11) is 1.45. The molecule has 0 radical (unpaired) electrons. The molecule has 1 aromatic heterocycles. The predicted octanol–water partition coefficient (Wildman–Crippen LogP) is 2.09. The molecule has 2 amide bonds. The predicted molar refractivity (Wildman–Crippen MR) is 112 cm³/mol. The van der Waals surface area contributed by atoms with Crippen molar-refractivity contribution in [3.63, 3.8) is 0 Å². The Morgan fingerprint density at radius 3 is 2.67 bits per heavy atom. The summed E-state index contributed by atoms with van der Waals surface area (Å²) >= 11 is 0. The number of anilines is 1. The molecule has 156 valence electrons. The summed E-state index contributed by atoms with van der Waals surface area (Å²) in [6, 6.07) is 9.51. The number of carbonyl (C=O) groups excluding carboxylic acids is 2. The number of amides is 2. The molecule has 0 saturated carbocycles. The number of H-pyrrole nitrogens is 1. The van der Waals surface area contributed by atoms with Crippen molar-refractivity contribution >= 4 is 28.4 Å². The Hall–Kier alpha value is -3.88. The number of carbonyl (C=O) groups is 2. The smallest absolute Gasteiger partial charge is 0.258 e. The third kappa shape index (κ3) is 4.93. The van der Waals surface area contributed by atoms with Crippen molar-refractivity contribution in [3.05, 3.63) is 58.6 Å². The molecule has 0 fully saturated rings. The fourth-order valence-corrected chi connectivity index (χ4v) is 2.78. The highest BCUT2D eigenvalue weighted by Gasteiger charge is 2.14. The largest absolute Gasteiger partial charge is 0.493 e. The monoisotopic (exact) mass is 410 g/mol. The van der Waals surface area contributed by atoms with E-state index < -0.39 is 5.91 Å². The molecule has 2 aromatic carbocycles. The lowest BCUT2D eigenvalue weighted by molar-refractivity contribution is -0.123. The van der Waals surface area contributed by atoms with Crippen molar-refractivity contribution in [1.29, 1.82) is 0 Å². The van der Waals surface area contributed by atoms with Gasteiger partial charge in [0.15, 0.2) is 18.1 Å². The highest BCUT2D eigenvalue weighted by atomic mass is 16.5. The first-order chi connectivity index (χ1) is 14.4. The summed E-state index contributed by atoms with van der Waals surface area (Å²) in [6.45, 7) is 3.54. The van der Waals surface area contributed by atoms with E-state index in [1.807, 2.05) is 13.8 Å². The number of hydrogen-bond donors (Lipinski definition) is 3. The van der Waals surface area contributed by atoms with Gasteiger partial charge in [0, 0.05) is 17.3 Å². The van der Waals surface area contributed by atoms with Crippen molar-refractivity contribution in [1.82, 2.24) is 15.3 Å². The quantitative estimate of drug-likeness (QED) is 0.548. The molecule has 0 atom stereocenters. The topological polar surface area (TPSA) is 122 Å². The summed E-state index contributed by atoms with van der Waals surface area (Å²) < 4.78 is 10.8. The molecule has 0 aliphatic rings. The molecule has 0 bridgehead atoms. The maximum absolute atomic E-state index is 12.6. The van der Waals surface area contributed by atoms with E-state index >= 15 is 0 Å². The second-order valence-corrected chi connectivity index (χ2v) is 6.79. The van der Waals surface area contributed by atoms with Crippen LogP contribution >= 0.6 is 0 Å². The van der Waals surface area contributed by atoms with Crippen LogP contribution in [0, 0.1) is 0 Å². The first kappa shape index (κ1) is 20.8. The average Bonchev–Trinajstić information content (AvgIpc) is 2.72. The molecule has 0 aliphatic heterocycles. The van der Waals surface area contributed by atoms with Gasteiger partial charge in [-0.1, -0.05) is 0 Å². The van der Waals surface area contributed by atoms with Gasteiger partial charge in [0.25, 0.3) is 17.4 Å². The molecule has 3 N–H and O–H groups in total. The number of rotatable bonds is 7. The van der Waals surface area contributed by atoms with Gasteiger partial charge in [0.2, 0.25) is 0 Å². The van der Waals surface area contributed by atoms with E-state index in [4.69, 9.17) is 9.47 Å². The van der Waals surface area contributed by atoms with Crippen LogP contribution in [0.1, 0.15) is 24.2 Å². The lowest BCUT2D eigenvalue weighted by Gasteiger charge is -2.13. The number of benzene rings is 2. The van der Waals surface area contributed by atoms with Crippen LogP contribution in [-0.2, 0) is 4.79 Å². The van der Waals surface area contributed by atoms with Crippen LogP contribution in [0.15, 0.2) is 47.5 Å². The van der Waals surface area contributed by atoms with Gasteiger partial charge in [-0.15, -0.1) is 0 Å². The zero-order chi connectivity index (χ0) is 21.7. The van der Waals surface area contributed by atoms with Crippen LogP contribution in [0.2, 0.25) is 0 Å². The molecule has 3 aromatic rings. The zero-order valence-electron chi connectivity index (χ0n) is 16.8. The first-order valence-corrected chi connectivity index (χ1v) is 9.26. The summed E-state index contributed by atoms with van der Waals surface area (Å²) in [5.41, 5.74) is 1.02. The number of methoxy groups -OCH3 is 1. The minimum atomic E-state index is -0.392. The van der Waals surface area contributed by atoms with E-state index in [0.717, 1.165) is 0 Å². The molecule has 9 heteroatoms. The first-order valence-electron chi connectivity index (χ1n) is 9.26. The molecule has 1 heterocycles. The Morgan fingerprint density at radius 2 is 1.93 bits per heavy atom. The van der Waals surface area contributed by atoms with E-state index in [9.17, 15) is 14.4 Å². The van der Waals surface area contributed by atoms with Crippen LogP contribution in [-0.4, -0.2) is 41.5 Å². The van der Waals surface area contributed by atoms with Crippen molar-refractivity contribution in [3.8, 4) is 11.5 Å². The van der Waals surface area contributed by atoms with Gasteiger partial charge in [0.05, 0.1) is 24.3 Å². The van der Waals surface area contributed by atoms with Crippen molar-refractivity contribution in [2.24, 2.45) is 0 Å². The number of nitrogens with zero attached hydrogens (tertiary/aromatic N) is 1. The molecule has 0 spiro atoms. The number of fused-ring (bicyclic) bond motifs is 1. The van der Waals surface area contributed by atoms with Gasteiger partial charge in [-0.3, -0.25) is 14.4 Å². The zero-order valence-corrected chi connectivity index (χ0v) is 16.8. The Bertz CT molecular complexity index is 1140. The van der Waals surface area contributed by atoms with E-state index in [1.165, 1.54) is 19.5 Å². The average molecular weight is 410 g/mol. The van der Waals surface area contributed by atoms with Crippen molar-refractivity contribution < 1.29 is 19.1 Å². The standard InChI is InChI=1S/C21H22N4O5/c1-12(2)24-19(26)10-30-17-7-4-13(8-18(17)29-3)20(27)25-14-5-6-16-15(9-14)21(28)23-11-22-16/h4-9,11-12H,10H2,1-3H3,(H,24,26)(H,25,27)(H,22,23,28). The summed E-state index contributed by atoms with van der Waals surface area (Å²) in [5, 5.41) is 5.84. The minimum absolute atomic E-state index is 0.00976. The molecule has 9 nitrogen and oxygen atoms in total. The summed E-state index contributed by atoms with van der Waals surface area (Å²) in [6.07, 6.45) is 1.32. The maximum Gasteiger partial charge on any atom is 0.258 e. The third-order valence-electron chi connectivity index (χ3n) is 4.13. The number of nitrogens with one attached hydrogen (secondary N) is 3. The molecule has 0 aliphatic carbocycles. The van der Waals surface area contributed by atoms with Gasteiger partial charge >= 0.3 is 0 Å². The second kappa shape index (κ2) is 9.08. The van der Waals surface area contributed by atoms with E-state index in [0.29, 0.717) is 33.7 Å². The highest BCUT2D eigenvalue weighted by Crippen LogP contribution is 2.28. The summed E-state index contributed by atoms with van der Waals surface area (Å²) in [4.78, 5) is 42.9. The van der Waals surface area contributed by atoms with E-state index in [2.05, 4.69) is 20.6 Å². The number of ether oxygens (including phenoxy) is 2.